The summed E-state index contributed by atoms with van der Waals surface area (Å²) in [5.41, 5.74) is 1.28. The molecule has 0 spiro atoms. The van der Waals surface area contributed by atoms with E-state index in [0.29, 0.717) is 29.5 Å². The fourth-order valence-electron chi connectivity index (χ4n) is 2.44. The topological polar surface area (TPSA) is 83.1 Å². The van der Waals surface area contributed by atoms with E-state index in [1.807, 2.05) is 6.92 Å². The summed E-state index contributed by atoms with van der Waals surface area (Å²) in [4.78, 5) is 24.3. The predicted molar refractivity (Wildman–Crippen MR) is 110 cm³/mol. The Morgan fingerprint density at radius 2 is 1.86 bits per heavy atom. The number of rotatable bonds is 9. The van der Waals surface area contributed by atoms with E-state index in [1.165, 1.54) is 20.1 Å². The molecule has 0 heterocycles. The third-order valence-electron chi connectivity index (χ3n) is 3.90. The van der Waals surface area contributed by atoms with Crippen LogP contribution in [-0.4, -0.2) is 38.8 Å². The van der Waals surface area contributed by atoms with Crippen LogP contribution < -0.4 is 19.5 Å². The number of ether oxygens (including phenoxy) is 4. The quantitative estimate of drug-likeness (QED) is 0.512. The number of amides is 1. The number of nitrogens with one attached hydrogen (secondary N) is 1. The number of benzene rings is 2. The Morgan fingerprint density at radius 1 is 1.07 bits per heavy atom. The summed E-state index contributed by atoms with van der Waals surface area (Å²) >= 11 is 0. The van der Waals surface area contributed by atoms with E-state index in [4.69, 9.17) is 18.9 Å². The van der Waals surface area contributed by atoms with Crippen molar-refractivity contribution in [3.63, 3.8) is 0 Å². The summed E-state index contributed by atoms with van der Waals surface area (Å²) in [5.74, 6) is 0.723. The largest absolute Gasteiger partial charge is 0.497 e. The summed E-state index contributed by atoms with van der Waals surface area (Å²) in [6.45, 7) is 3.91. The number of carbonyl (C=O) groups is 2. The highest BCUT2D eigenvalue weighted by Gasteiger charge is 2.17. The van der Waals surface area contributed by atoms with Gasteiger partial charge in [-0.25, -0.2) is 4.79 Å². The van der Waals surface area contributed by atoms with Gasteiger partial charge in [-0.15, -0.1) is 0 Å². The Kier molecular flexibility index (Phi) is 8.09. The van der Waals surface area contributed by atoms with E-state index < -0.39 is 18.0 Å². The first kappa shape index (κ1) is 21.8. The van der Waals surface area contributed by atoms with E-state index in [-0.39, 0.29) is 0 Å². The number of esters is 1. The SMILES string of the molecule is CCOc1ccc(/C=C/C(=O)O[C@H](C)C(=O)Nc2cccc(OC)c2)cc1OC. The second-order valence-electron chi connectivity index (χ2n) is 5.98. The molecule has 0 aromatic heterocycles. The molecule has 0 aliphatic heterocycles. The molecule has 2 aromatic rings. The molecule has 7 nitrogen and oxygen atoms in total. The Labute approximate surface area is 170 Å². The maximum atomic E-state index is 12.2. The van der Waals surface area contributed by atoms with Gasteiger partial charge in [0.2, 0.25) is 0 Å². The number of hydrogen-bond donors (Lipinski definition) is 1. The fourth-order valence-corrected chi connectivity index (χ4v) is 2.44. The first-order valence-corrected chi connectivity index (χ1v) is 9.11. The molecular weight excluding hydrogens is 374 g/mol. The van der Waals surface area contributed by atoms with Crippen molar-refractivity contribution in [3.8, 4) is 17.2 Å². The number of methoxy groups -OCH3 is 2. The van der Waals surface area contributed by atoms with E-state index in [2.05, 4.69) is 5.32 Å². The smallest absolute Gasteiger partial charge is 0.331 e. The Balaban J connectivity index is 1.94. The summed E-state index contributed by atoms with van der Waals surface area (Å²) in [6, 6.07) is 12.2. The average Bonchev–Trinajstić information content (AvgIpc) is 2.73. The molecule has 1 amide bonds. The zero-order valence-corrected chi connectivity index (χ0v) is 16.9. The van der Waals surface area contributed by atoms with Crippen LogP contribution in [0.4, 0.5) is 5.69 Å². The van der Waals surface area contributed by atoms with Crippen molar-refractivity contribution in [2.45, 2.75) is 20.0 Å². The fraction of sp³-hybridized carbons (Fsp3) is 0.273. The van der Waals surface area contributed by atoms with Crippen LogP contribution in [0.15, 0.2) is 48.5 Å². The van der Waals surface area contributed by atoms with E-state index in [0.717, 1.165) is 5.56 Å². The number of carbonyl (C=O) groups excluding carboxylic acids is 2. The lowest BCUT2D eigenvalue weighted by Gasteiger charge is -2.13. The van der Waals surface area contributed by atoms with Crippen molar-refractivity contribution in [1.82, 2.24) is 0 Å². The molecule has 154 valence electrons. The van der Waals surface area contributed by atoms with Crippen LogP contribution >= 0.6 is 0 Å². The van der Waals surface area contributed by atoms with Gasteiger partial charge in [-0.3, -0.25) is 4.79 Å². The lowest BCUT2D eigenvalue weighted by atomic mass is 10.2. The molecule has 0 bridgehead atoms. The molecule has 1 atom stereocenters. The molecule has 29 heavy (non-hydrogen) atoms. The van der Waals surface area contributed by atoms with Crippen molar-refractivity contribution < 1.29 is 28.5 Å². The molecule has 0 saturated heterocycles. The van der Waals surface area contributed by atoms with E-state index in [1.54, 1.807) is 55.7 Å². The third kappa shape index (κ3) is 6.57. The summed E-state index contributed by atoms with van der Waals surface area (Å²) in [5, 5.41) is 2.68. The monoisotopic (exact) mass is 399 g/mol. The van der Waals surface area contributed by atoms with Crippen LogP contribution in [0.2, 0.25) is 0 Å². The minimum Gasteiger partial charge on any atom is -0.497 e. The molecule has 1 N–H and O–H groups in total. The lowest BCUT2D eigenvalue weighted by molar-refractivity contribution is -0.148. The molecule has 2 aromatic carbocycles. The first-order chi connectivity index (χ1) is 14.0. The van der Waals surface area contributed by atoms with Crippen molar-refractivity contribution in [1.29, 1.82) is 0 Å². The average molecular weight is 399 g/mol. The van der Waals surface area contributed by atoms with Crippen LogP contribution in [0.1, 0.15) is 19.4 Å². The molecule has 0 fully saturated rings. The van der Waals surface area contributed by atoms with Crippen LogP contribution in [-0.2, 0) is 14.3 Å². The van der Waals surface area contributed by atoms with Gasteiger partial charge >= 0.3 is 5.97 Å². The van der Waals surface area contributed by atoms with Gasteiger partial charge < -0.3 is 24.3 Å². The Hall–Kier alpha value is -3.48. The number of anilines is 1. The predicted octanol–water partition coefficient (Wildman–Crippen LogP) is 3.69. The summed E-state index contributed by atoms with van der Waals surface area (Å²) in [7, 11) is 3.08. The van der Waals surface area contributed by atoms with Gasteiger partial charge in [-0.2, -0.15) is 0 Å². The highest BCUT2D eigenvalue weighted by Crippen LogP contribution is 2.28. The Bertz CT molecular complexity index is 877. The molecule has 7 heteroatoms. The molecule has 0 aliphatic rings. The molecular formula is C22H25NO6. The molecule has 2 rings (SSSR count). The first-order valence-electron chi connectivity index (χ1n) is 9.11. The van der Waals surface area contributed by atoms with Crippen LogP contribution in [0, 0.1) is 0 Å². The van der Waals surface area contributed by atoms with Crippen molar-refractivity contribution in [2.75, 3.05) is 26.1 Å². The molecule has 0 radical (unpaired) electrons. The second kappa shape index (κ2) is 10.8. The molecule has 0 saturated carbocycles. The zero-order valence-electron chi connectivity index (χ0n) is 16.9. The van der Waals surface area contributed by atoms with Crippen molar-refractivity contribution >= 4 is 23.6 Å². The van der Waals surface area contributed by atoms with Crippen LogP contribution in [0.3, 0.4) is 0 Å². The van der Waals surface area contributed by atoms with Crippen molar-refractivity contribution in [2.24, 2.45) is 0 Å². The maximum Gasteiger partial charge on any atom is 0.331 e. The molecule has 0 aliphatic carbocycles. The lowest BCUT2D eigenvalue weighted by Crippen LogP contribution is -2.29. The van der Waals surface area contributed by atoms with Gasteiger partial charge in [0.15, 0.2) is 17.6 Å². The number of hydrogen-bond acceptors (Lipinski definition) is 6. The highest BCUT2D eigenvalue weighted by atomic mass is 16.5. The van der Waals surface area contributed by atoms with Crippen molar-refractivity contribution in [3.05, 3.63) is 54.1 Å². The third-order valence-corrected chi connectivity index (χ3v) is 3.90. The highest BCUT2D eigenvalue weighted by molar-refractivity contribution is 5.96. The molecule has 0 unspecified atom stereocenters. The van der Waals surface area contributed by atoms with Crippen LogP contribution in [0.25, 0.3) is 6.08 Å². The van der Waals surface area contributed by atoms with Gasteiger partial charge in [-0.1, -0.05) is 12.1 Å². The van der Waals surface area contributed by atoms with Gasteiger partial charge in [0.1, 0.15) is 5.75 Å². The normalized spacial score (nSPS) is 11.6. The van der Waals surface area contributed by atoms with Gasteiger partial charge in [0, 0.05) is 17.8 Å². The van der Waals surface area contributed by atoms with Gasteiger partial charge in [0.25, 0.3) is 5.91 Å². The zero-order chi connectivity index (χ0) is 21.2. The minimum atomic E-state index is -0.965. The Morgan fingerprint density at radius 3 is 2.55 bits per heavy atom. The summed E-state index contributed by atoms with van der Waals surface area (Å²) in [6.07, 6.45) is 1.87. The van der Waals surface area contributed by atoms with E-state index >= 15 is 0 Å². The minimum absolute atomic E-state index is 0.442. The maximum absolute atomic E-state index is 12.2. The summed E-state index contributed by atoms with van der Waals surface area (Å²) < 4.78 is 21.0. The van der Waals surface area contributed by atoms with Gasteiger partial charge in [-0.05, 0) is 49.8 Å². The van der Waals surface area contributed by atoms with Crippen LogP contribution in [0.5, 0.6) is 17.2 Å². The van der Waals surface area contributed by atoms with Gasteiger partial charge in [0.05, 0.1) is 20.8 Å². The standard InChI is InChI=1S/C22H25NO6/c1-5-28-19-11-9-16(13-20(19)27-4)10-12-21(24)29-15(2)22(25)23-17-7-6-8-18(14-17)26-3/h6-15H,5H2,1-4H3,(H,23,25)/b12-10+/t15-/m1/s1. The van der Waals surface area contributed by atoms with E-state index in [9.17, 15) is 9.59 Å². The second-order valence-corrected chi connectivity index (χ2v) is 5.98.